The van der Waals surface area contributed by atoms with Crippen molar-refractivity contribution in [1.29, 1.82) is 5.26 Å². The number of hydrogen-bond donors (Lipinski definition) is 1. The molecule has 1 aromatic heterocycles. The molecule has 3 atom stereocenters. The van der Waals surface area contributed by atoms with Crippen molar-refractivity contribution in [3.8, 4) is 17.2 Å². The van der Waals surface area contributed by atoms with Crippen LogP contribution in [0.1, 0.15) is 12.6 Å². The SMILES string of the molecule is CC(=O)NC[C@H]1CN(c2ccc(-c3ccc(C4(C#N)C5COCC54)nc3)c(F)c2)C(=O)O1. The number of nitrogens with one attached hydrogen (secondary N) is 1. The zero-order valence-electron chi connectivity index (χ0n) is 17.4. The summed E-state index contributed by atoms with van der Waals surface area (Å²) >= 11 is 0. The van der Waals surface area contributed by atoms with Gasteiger partial charge < -0.3 is 14.8 Å². The summed E-state index contributed by atoms with van der Waals surface area (Å²) < 4.78 is 25.6. The van der Waals surface area contributed by atoms with Gasteiger partial charge in [0.05, 0.1) is 43.8 Å². The van der Waals surface area contributed by atoms with Crippen LogP contribution in [0.4, 0.5) is 14.9 Å². The van der Waals surface area contributed by atoms with Crippen molar-refractivity contribution in [3.63, 3.8) is 0 Å². The molecule has 32 heavy (non-hydrogen) atoms. The van der Waals surface area contributed by atoms with E-state index >= 15 is 0 Å². The molecular weight excluding hydrogens is 415 g/mol. The number of cyclic esters (lactones) is 1. The van der Waals surface area contributed by atoms with Gasteiger partial charge in [0, 0.05) is 36.1 Å². The summed E-state index contributed by atoms with van der Waals surface area (Å²) in [5, 5.41) is 12.3. The lowest BCUT2D eigenvalue weighted by Crippen LogP contribution is -2.33. The summed E-state index contributed by atoms with van der Waals surface area (Å²) in [5.74, 6) is -0.358. The first kappa shape index (κ1) is 20.4. The highest BCUT2D eigenvalue weighted by Crippen LogP contribution is 2.62. The van der Waals surface area contributed by atoms with Gasteiger partial charge in [0.25, 0.3) is 0 Å². The minimum Gasteiger partial charge on any atom is -0.442 e. The molecule has 1 N–H and O–H groups in total. The molecule has 0 radical (unpaired) electrons. The Kier molecular flexibility index (Phi) is 4.82. The molecule has 0 bridgehead atoms. The average molecular weight is 436 g/mol. The maximum Gasteiger partial charge on any atom is 0.414 e. The Balaban J connectivity index is 1.32. The molecule has 164 valence electrons. The van der Waals surface area contributed by atoms with Crippen molar-refractivity contribution in [1.82, 2.24) is 10.3 Å². The number of rotatable bonds is 5. The van der Waals surface area contributed by atoms with Gasteiger partial charge in [-0.3, -0.25) is 14.7 Å². The normalized spacial score (nSPS) is 28.1. The molecule has 2 unspecified atom stereocenters. The Morgan fingerprint density at radius 2 is 2.12 bits per heavy atom. The number of nitriles is 1. The van der Waals surface area contributed by atoms with Crippen LogP contribution in [-0.4, -0.2) is 49.4 Å². The summed E-state index contributed by atoms with van der Waals surface area (Å²) in [6.45, 7) is 2.95. The first-order valence-electron chi connectivity index (χ1n) is 10.4. The van der Waals surface area contributed by atoms with Gasteiger partial charge in [0.15, 0.2) is 0 Å². The highest BCUT2D eigenvalue weighted by Gasteiger charge is 2.70. The van der Waals surface area contributed by atoms with Crippen molar-refractivity contribution in [3.05, 3.63) is 48.0 Å². The van der Waals surface area contributed by atoms with Crippen LogP contribution in [0.2, 0.25) is 0 Å². The smallest absolute Gasteiger partial charge is 0.414 e. The molecule has 1 saturated carbocycles. The summed E-state index contributed by atoms with van der Waals surface area (Å²) in [5.41, 5.74) is 1.41. The van der Waals surface area contributed by atoms with Crippen LogP contribution in [-0.2, 0) is 19.7 Å². The number of halogens is 1. The van der Waals surface area contributed by atoms with E-state index < -0.39 is 23.4 Å². The number of ether oxygens (including phenoxy) is 2. The standard InChI is InChI=1S/C23H21FN4O4/c1-13(29)26-8-16-9-28(22(30)32-16)15-3-4-17(20(24)6-15)14-2-5-21(27-7-14)23(12-25)18-10-31-11-19(18)23/h2-7,16,18-19H,8-11H2,1H3,(H,26,29)/t16-,18?,19?,23?/m0/s1. The number of fused-ring (bicyclic) bond motifs is 1. The molecular formula is C23H21FN4O4. The Morgan fingerprint density at radius 3 is 2.75 bits per heavy atom. The van der Waals surface area contributed by atoms with E-state index in [-0.39, 0.29) is 30.8 Å². The minimum absolute atomic E-state index is 0.177. The average Bonchev–Trinajstić information content (AvgIpc) is 3.09. The van der Waals surface area contributed by atoms with Gasteiger partial charge in [-0.1, -0.05) is 6.07 Å². The number of carbonyl (C=O) groups excluding carboxylic acids is 2. The van der Waals surface area contributed by atoms with Crippen LogP contribution < -0.4 is 10.2 Å². The first-order valence-corrected chi connectivity index (χ1v) is 10.4. The lowest BCUT2D eigenvalue weighted by molar-refractivity contribution is -0.119. The van der Waals surface area contributed by atoms with Crippen LogP contribution in [0, 0.1) is 29.0 Å². The summed E-state index contributed by atoms with van der Waals surface area (Å²) in [7, 11) is 0. The topological polar surface area (TPSA) is 105 Å². The molecule has 9 heteroatoms. The predicted molar refractivity (Wildman–Crippen MR) is 111 cm³/mol. The molecule has 3 aliphatic rings. The number of pyridine rings is 1. The van der Waals surface area contributed by atoms with Crippen molar-refractivity contribution in [2.24, 2.45) is 11.8 Å². The molecule has 2 aliphatic heterocycles. The molecule has 1 aliphatic carbocycles. The van der Waals surface area contributed by atoms with Gasteiger partial charge in [0.2, 0.25) is 5.91 Å². The van der Waals surface area contributed by atoms with E-state index in [0.29, 0.717) is 35.7 Å². The molecule has 3 fully saturated rings. The van der Waals surface area contributed by atoms with Gasteiger partial charge in [-0.15, -0.1) is 0 Å². The van der Waals surface area contributed by atoms with E-state index in [2.05, 4.69) is 16.4 Å². The van der Waals surface area contributed by atoms with Crippen molar-refractivity contribution < 1.29 is 23.5 Å². The van der Waals surface area contributed by atoms with Crippen LogP contribution in [0.3, 0.4) is 0 Å². The highest BCUT2D eigenvalue weighted by molar-refractivity contribution is 5.90. The maximum absolute atomic E-state index is 14.9. The minimum atomic E-state index is -0.594. The molecule has 2 aromatic rings. The second kappa shape index (κ2) is 7.57. The summed E-state index contributed by atoms with van der Waals surface area (Å²) in [4.78, 5) is 29.0. The number of anilines is 1. The zero-order chi connectivity index (χ0) is 22.5. The third-order valence-electron chi connectivity index (χ3n) is 6.54. The van der Waals surface area contributed by atoms with E-state index in [1.807, 2.05) is 0 Å². The number of amides is 2. The van der Waals surface area contributed by atoms with E-state index in [9.17, 15) is 19.2 Å². The summed E-state index contributed by atoms with van der Waals surface area (Å²) in [6, 6.07) is 10.5. The van der Waals surface area contributed by atoms with Crippen molar-refractivity contribution in [2.45, 2.75) is 18.4 Å². The third-order valence-corrected chi connectivity index (χ3v) is 6.54. The fourth-order valence-electron chi connectivity index (χ4n) is 4.76. The molecule has 8 nitrogen and oxygen atoms in total. The highest BCUT2D eigenvalue weighted by atomic mass is 19.1. The Labute approximate surface area is 183 Å². The van der Waals surface area contributed by atoms with Gasteiger partial charge in [0.1, 0.15) is 17.3 Å². The van der Waals surface area contributed by atoms with Gasteiger partial charge in [-0.05, 0) is 24.3 Å². The lowest BCUT2D eigenvalue weighted by Gasteiger charge is -2.15. The number of carbonyl (C=O) groups is 2. The Bertz CT molecular complexity index is 1120. The molecule has 3 heterocycles. The van der Waals surface area contributed by atoms with Crippen molar-refractivity contribution in [2.75, 3.05) is 31.2 Å². The zero-order valence-corrected chi connectivity index (χ0v) is 17.4. The third kappa shape index (κ3) is 3.19. The fourth-order valence-corrected chi connectivity index (χ4v) is 4.76. The van der Waals surface area contributed by atoms with E-state index in [4.69, 9.17) is 9.47 Å². The monoisotopic (exact) mass is 436 g/mol. The number of hydrogen-bond acceptors (Lipinski definition) is 6. The number of aromatic nitrogens is 1. The van der Waals surface area contributed by atoms with Crippen molar-refractivity contribution >= 4 is 17.7 Å². The van der Waals surface area contributed by atoms with E-state index in [1.165, 1.54) is 17.9 Å². The fraction of sp³-hybridized carbons (Fsp3) is 0.391. The van der Waals surface area contributed by atoms with Gasteiger partial charge in [-0.25, -0.2) is 9.18 Å². The second-order valence-corrected chi connectivity index (χ2v) is 8.38. The predicted octanol–water partition coefficient (Wildman–Crippen LogP) is 2.39. The van der Waals surface area contributed by atoms with Gasteiger partial charge >= 0.3 is 6.09 Å². The molecule has 5 rings (SSSR count). The Morgan fingerprint density at radius 1 is 1.34 bits per heavy atom. The van der Waals surface area contributed by atoms with E-state index in [1.54, 1.807) is 30.5 Å². The maximum atomic E-state index is 14.9. The lowest BCUT2D eigenvalue weighted by atomic mass is 9.96. The number of benzene rings is 1. The van der Waals surface area contributed by atoms with Crippen LogP contribution >= 0.6 is 0 Å². The number of nitrogens with zero attached hydrogens (tertiary/aromatic N) is 3. The quantitative estimate of drug-likeness (QED) is 0.772. The first-order chi connectivity index (χ1) is 15.4. The second-order valence-electron chi connectivity index (χ2n) is 8.38. The van der Waals surface area contributed by atoms with Crippen LogP contribution in [0.5, 0.6) is 0 Å². The molecule has 1 aromatic carbocycles. The van der Waals surface area contributed by atoms with E-state index in [0.717, 1.165) is 0 Å². The van der Waals surface area contributed by atoms with Gasteiger partial charge in [-0.2, -0.15) is 5.26 Å². The molecule has 2 saturated heterocycles. The van der Waals surface area contributed by atoms with Crippen LogP contribution in [0.15, 0.2) is 36.5 Å². The molecule has 2 amide bonds. The summed E-state index contributed by atoms with van der Waals surface area (Å²) in [6.07, 6.45) is 0.500. The molecule has 0 spiro atoms. The largest absolute Gasteiger partial charge is 0.442 e. The van der Waals surface area contributed by atoms with Crippen LogP contribution in [0.25, 0.3) is 11.1 Å². The Hall–Kier alpha value is -3.51.